The fraction of sp³-hybridized carbons (Fsp3) is 1.00. The number of hydrogen-bond donors (Lipinski definition) is 1. The first-order chi connectivity index (χ1) is 8.29. The van der Waals surface area contributed by atoms with Gasteiger partial charge in [0.2, 0.25) is 0 Å². The van der Waals surface area contributed by atoms with E-state index in [1.54, 1.807) is 0 Å². The molecule has 1 saturated carbocycles. The minimum Gasteiger partial charge on any atom is -0.379 e. The van der Waals surface area contributed by atoms with Gasteiger partial charge in [-0.15, -0.1) is 0 Å². The number of nitrogens with zero attached hydrogens (tertiary/aromatic N) is 1. The summed E-state index contributed by atoms with van der Waals surface area (Å²) in [5.74, 6) is 0. The molecule has 2 N–H and O–H groups in total. The van der Waals surface area contributed by atoms with E-state index in [1.165, 1.54) is 44.9 Å². The summed E-state index contributed by atoms with van der Waals surface area (Å²) in [6, 6.07) is 0.364. The van der Waals surface area contributed by atoms with Gasteiger partial charge in [0.25, 0.3) is 0 Å². The average molecular weight is 240 g/mol. The third-order valence-corrected chi connectivity index (χ3v) is 4.67. The van der Waals surface area contributed by atoms with Gasteiger partial charge in [0.05, 0.1) is 13.2 Å². The lowest BCUT2D eigenvalue weighted by atomic mass is 9.83. The van der Waals surface area contributed by atoms with Gasteiger partial charge in [-0.2, -0.15) is 0 Å². The van der Waals surface area contributed by atoms with Crippen LogP contribution in [0.25, 0.3) is 0 Å². The van der Waals surface area contributed by atoms with Crippen molar-refractivity contribution < 1.29 is 4.74 Å². The molecule has 17 heavy (non-hydrogen) atoms. The molecule has 2 aliphatic rings. The smallest absolute Gasteiger partial charge is 0.0594 e. The van der Waals surface area contributed by atoms with Crippen LogP contribution >= 0.6 is 0 Å². The molecule has 3 heteroatoms. The first-order valence-corrected chi connectivity index (χ1v) is 7.38. The second-order valence-corrected chi connectivity index (χ2v) is 5.66. The topological polar surface area (TPSA) is 38.5 Å². The molecule has 1 atom stereocenters. The third-order valence-electron chi connectivity index (χ3n) is 4.67. The average Bonchev–Trinajstić information content (AvgIpc) is 2.87. The lowest BCUT2D eigenvalue weighted by Crippen LogP contribution is -2.61. The molecule has 0 aromatic rings. The zero-order valence-corrected chi connectivity index (χ0v) is 11.3. The Labute approximate surface area is 106 Å². The van der Waals surface area contributed by atoms with E-state index in [9.17, 15) is 0 Å². The molecule has 1 aliphatic carbocycles. The summed E-state index contributed by atoms with van der Waals surface area (Å²) in [4.78, 5) is 2.64. The van der Waals surface area contributed by atoms with Gasteiger partial charge in [0.15, 0.2) is 0 Å². The van der Waals surface area contributed by atoms with Gasteiger partial charge >= 0.3 is 0 Å². The van der Waals surface area contributed by atoms with Gasteiger partial charge in [0, 0.05) is 24.7 Å². The lowest BCUT2D eigenvalue weighted by molar-refractivity contribution is -0.0318. The van der Waals surface area contributed by atoms with Crippen molar-refractivity contribution in [3.63, 3.8) is 0 Å². The van der Waals surface area contributed by atoms with Crippen LogP contribution in [0.1, 0.15) is 51.9 Å². The van der Waals surface area contributed by atoms with Crippen molar-refractivity contribution in [1.29, 1.82) is 0 Å². The number of rotatable bonds is 5. The normalized spacial score (nSPS) is 27.2. The Kier molecular flexibility index (Phi) is 4.83. The summed E-state index contributed by atoms with van der Waals surface area (Å²) >= 11 is 0. The van der Waals surface area contributed by atoms with Crippen LogP contribution in [-0.4, -0.2) is 42.8 Å². The number of hydrogen-bond acceptors (Lipinski definition) is 3. The van der Waals surface area contributed by atoms with Gasteiger partial charge < -0.3 is 10.5 Å². The fourth-order valence-corrected chi connectivity index (χ4v) is 3.61. The van der Waals surface area contributed by atoms with E-state index >= 15 is 0 Å². The molecule has 0 amide bonds. The maximum atomic E-state index is 6.55. The molecule has 2 fully saturated rings. The molecule has 0 aromatic carbocycles. The molecule has 0 bridgehead atoms. The predicted octanol–water partition coefficient (Wildman–Crippen LogP) is 2.15. The second kappa shape index (κ2) is 6.17. The number of ether oxygens (including phenoxy) is 1. The predicted molar refractivity (Wildman–Crippen MR) is 71.1 cm³/mol. The van der Waals surface area contributed by atoms with Gasteiger partial charge in [-0.05, 0) is 19.3 Å². The lowest BCUT2D eigenvalue weighted by Gasteiger charge is -2.47. The van der Waals surface area contributed by atoms with Crippen molar-refractivity contribution in [1.82, 2.24) is 4.90 Å². The summed E-state index contributed by atoms with van der Waals surface area (Å²) in [5, 5.41) is 0. The van der Waals surface area contributed by atoms with E-state index in [0.717, 1.165) is 26.3 Å². The summed E-state index contributed by atoms with van der Waals surface area (Å²) in [5.41, 5.74) is 6.85. The Morgan fingerprint density at radius 2 is 1.88 bits per heavy atom. The molecular formula is C14H28N2O. The molecule has 2 rings (SSSR count). The molecular weight excluding hydrogens is 212 g/mol. The van der Waals surface area contributed by atoms with E-state index < -0.39 is 0 Å². The van der Waals surface area contributed by atoms with Crippen LogP contribution in [0, 0.1) is 0 Å². The van der Waals surface area contributed by atoms with Crippen molar-refractivity contribution in [2.45, 2.75) is 63.5 Å². The molecule has 1 heterocycles. The monoisotopic (exact) mass is 240 g/mol. The van der Waals surface area contributed by atoms with Crippen molar-refractivity contribution >= 4 is 0 Å². The Bertz CT molecular complexity index is 220. The van der Waals surface area contributed by atoms with E-state index in [4.69, 9.17) is 10.5 Å². The van der Waals surface area contributed by atoms with E-state index in [1.807, 2.05) is 0 Å². The summed E-state index contributed by atoms with van der Waals surface area (Å²) in [7, 11) is 0. The Morgan fingerprint density at radius 3 is 2.47 bits per heavy atom. The number of nitrogens with two attached hydrogens (primary N) is 1. The highest BCUT2D eigenvalue weighted by molar-refractivity contribution is 5.02. The Balaban J connectivity index is 2.02. The highest BCUT2D eigenvalue weighted by Crippen LogP contribution is 2.39. The molecule has 100 valence electrons. The van der Waals surface area contributed by atoms with Crippen LogP contribution in [0.2, 0.25) is 0 Å². The largest absolute Gasteiger partial charge is 0.379 e. The number of unbranched alkanes of at least 4 members (excludes halogenated alkanes) is 1. The van der Waals surface area contributed by atoms with E-state index in [0.29, 0.717) is 11.6 Å². The number of morpholine rings is 1. The van der Waals surface area contributed by atoms with Crippen LogP contribution in [-0.2, 0) is 4.74 Å². The van der Waals surface area contributed by atoms with Crippen LogP contribution < -0.4 is 5.73 Å². The maximum absolute atomic E-state index is 6.55. The van der Waals surface area contributed by atoms with Gasteiger partial charge in [0.1, 0.15) is 0 Å². The molecule has 0 radical (unpaired) electrons. The summed E-state index contributed by atoms with van der Waals surface area (Å²) in [6.07, 6.45) is 9.04. The highest BCUT2D eigenvalue weighted by Gasteiger charge is 2.44. The molecule has 1 saturated heterocycles. The standard InChI is InChI=1S/C14H28N2O/c1-2-3-6-13(15)14(7-4-5-8-14)16-9-11-17-12-10-16/h13H,2-12,15H2,1H3. The molecule has 1 unspecified atom stereocenters. The molecule has 3 nitrogen and oxygen atoms in total. The maximum Gasteiger partial charge on any atom is 0.0594 e. The Morgan fingerprint density at radius 1 is 1.24 bits per heavy atom. The molecule has 1 aliphatic heterocycles. The first-order valence-electron chi connectivity index (χ1n) is 7.38. The molecule has 0 spiro atoms. The van der Waals surface area contributed by atoms with E-state index in [-0.39, 0.29) is 0 Å². The van der Waals surface area contributed by atoms with Crippen LogP contribution in [0.5, 0.6) is 0 Å². The Hall–Kier alpha value is -0.120. The van der Waals surface area contributed by atoms with Gasteiger partial charge in [-0.3, -0.25) is 4.90 Å². The first kappa shape index (κ1) is 13.3. The van der Waals surface area contributed by atoms with Gasteiger partial charge in [-0.1, -0.05) is 32.6 Å². The van der Waals surface area contributed by atoms with E-state index in [2.05, 4.69) is 11.8 Å². The third kappa shape index (κ3) is 2.83. The van der Waals surface area contributed by atoms with Crippen molar-refractivity contribution in [3.8, 4) is 0 Å². The zero-order valence-electron chi connectivity index (χ0n) is 11.3. The van der Waals surface area contributed by atoms with Crippen molar-refractivity contribution in [2.75, 3.05) is 26.3 Å². The SMILES string of the molecule is CCCCC(N)C1(N2CCOCC2)CCCC1. The minimum atomic E-state index is 0.305. The minimum absolute atomic E-state index is 0.305. The zero-order chi connectivity index (χ0) is 12.1. The van der Waals surface area contributed by atoms with Crippen LogP contribution in [0.15, 0.2) is 0 Å². The quantitative estimate of drug-likeness (QED) is 0.800. The van der Waals surface area contributed by atoms with Gasteiger partial charge in [-0.25, -0.2) is 0 Å². The fourth-order valence-electron chi connectivity index (χ4n) is 3.61. The van der Waals surface area contributed by atoms with Crippen molar-refractivity contribution in [2.24, 2.45) is 5.73 Å². The highest BCUT2D eigenvalue weighted by atomic mass is 16.5. The summed E-state index contributed by atoms with van der Waals surface area (Å²) in [6.45, 7) is 6.20. The second-order valence-electron chi connectivity index (χ2n) is 5.66. The summed E-state index contributed by atoms with van der Waals surface area (Å²) < 4.78 is 5.48. The van der Waals surface area contributed by atoms with Crippen molar-refractivity contribution in [3.05, 3.63) is 0 Å². The molecule has 0 aromatic heterocycles. The van der Waals surface area contributed by atoms with Crippen LogP contribution in [0.4, 0.5) is 0 Å². The van der Waals surface area contributed by atoms with Crippen LogP contribution in [0.3, 0.4) is 0 Å².